The van der Waals surface area contributed by atoms with Crippen LogP contribution in [0.2, 0.25) is 0 Å². The van der Waals surface area contributed by atoms with Gasteiger partial charge in [-0.1, -0.05) is 38.2 Å². The summed E-state index contributed by atoms with van der Waals surface area (Å²) in [5.74, 6) is 0.241. The summed E-state index contributed by atoms with van der Waals surface area (Å²) >= 11 is 0. The summed E-state index contributed by atoms with van der Waals surface area (Å²) in [6.45, 7) is 1.95. The van der Waals surface area contributed by atoms with Crippen molar-refractivity contribution in [1.82, 2.24) is 0 Å². The number of rotatable bonds is 2. The van der Waals surface area contributed by atoms with Crippen LogP contribution < -0.4 is 5.32 Å². The molecule has 1 aromatic rings. The van der Waals surface area contributed by atoms with E-state index in [0.717, 1.165) is 36.9 Å². The van der Waals surface area contributed by atoms with Crippen molar-refractivity contribution in [2.75, 3.05) is 5.32 Å². The lowest BCUT2D eigenvalue weighted by Gasteiger charge is -2.19. The van der Waals surface area contributed by atoms with Gasteiger partial charge in [-0.2, -0.15) is 5.26 Å². The summed E-state index contributed by atoms with van der Waals surface area (Å²) in [6.07, 6.45) is 8.06. The molecule has 20 heavy (non-hydrogen) atoms. The number of hydrogen-bond acceptors (Lipinski definition) is 2. The highest BCUT2D eigenvalue weighted by Crippen LogP contribution is 2.24. The smallest absolute Gasteiger partial charge is 0.227 e. The fourth-order valence-electron chi connectivity index (χ4n) is 2.78. The second-order valence-corrected chi connectivity index (χ2v) is 5.67. The average molecular weight is 270 g/mol. The number of nitrogens with zero attached hydrogens (tertiary/aromatic N) is 1. The second-order valence-electron chi connectivity index (χ2n) is 5.67. The molecule has 1 aromatic carbocycles. The molecule has 1 aliphatic rings. The number of aryl methyl sites for hydroxylation is 1. The lowest BCUT2D eigenvalue weighted by Crippen LogP contribution is -2.24. The lowest BCUT2D eigenvalue weighted by atomic mass is 9.90. The van der Waals surface area contributed by atoms with Gasteiger partial charge in [0, 0.05) is 11.6 Å². The first-order valence-electron chi connectivity index (χ1n) is 7.52. The van der Waals surface area contributed by atoms with Crippen LogP contribution in [-0.4, -0.2) is 5.91 Å². The second kappa shape index (κ2) is 7.09. The van der Waals surface area contributed by atoms with Crippen LogP contribution in [0.1, 0.15) is 56.1 Å². The molecule has 3 nitrogen and oxygen atoms in total. The Morgan fingerprint density at radius 3 is 2.50 bits per heavy atom. The summed E-state index contributed by atoms with van der Waals surface area (Å²) in [6, 6.07) is 7.53. The number of carbonyl (C=O) groups is 1. The molecule has 1 fully saturated rings. The summed E-state index contributed by atoms with van der Waals surface area (Å²) < 4.78 is 0. The highest BCUT2D eigenvalue weighted by Gasteiger charge is 2.19. The topological polar surface area (TPSA) is 52.9 Å². The minimum Gasteiger partial charge on any atom is -0.326 e. The molecule has 0 aromatic heterocycles. The lowest BCUT2D eigenvalue weighted by molar-refractivity contribution is -0.120. The first-order chi connectivity index (χ1) is 9.70. The van der Waals surface area contributed by atoms with Gasteiger partial charge in [-0.15, -0.1) is 0 Å². The molecule has 0 spiro atoms. The van der Waals surface area contributed by atoms with E-state index in [1.807, 2.05) is 13.0 Å². The molecule has 3 heteroatoms. The quantitative estimate of drug-likeness (QED) is 0.877. The minimum atomic E-state index is 0.116. The van der Waals surface area contributed by atoms with Crippen molar-refractivity contribution in [3.05, 3.63) is 29.3 Å². The number of hydrogen-bond donors (Lipinski definition) is 1. The van der Waals surface area contributed by atoms with Gasteiger partial charge >= 0.3 is 0 Å². The molecule has 0 atom stereocenters. The standard InChI is InChI=1S/C17H22N2O/c1-13-9-10-14(12-18)11-16(13)19-17(20)15-7-5-3-2-4-6-8-15/h9-11,15H,2-8H2,1H3,(H,19,20). The van der Waals surface area contributed by atoms with Crippen LogP contribution in [0.5, 0.6) is 0 Å². The maximum atomic E-state index is 12.4. The molecule has 1 saturated carbocycles. The maximum Gasteiger partial charge on any atom is 0.227 e. The summed E-state index contributed by atoms with van der Waals surface area (Å²) in [5, 5.41) is 12.0. The van der Waals surface area contributed by atoms with E-state index in [4.69, 9.17) is 5.26 Å². The number of amides is 1. The summed E-state index contributed by atoms with van der Waals surface area (Å²) in [4.78, 5) is 12.4. The normalized spacial score (nSPS) is 16.8. The molecule has 0 aliphatic heterocycles. The minimum absolute atomic E-state index is 0.116. The Labute approximate surface area is 121 Å². The van der Waals surface area contributed by atoms with Crippen molar-refractivity contribution < 1.29 is 4.79 Å². The van der Waals surface area contributed by atoms with Crippen molar-refractivity contribution >= 4 is 11.6 Å². The fraction of sp³-hybridized carbons (Fsp3) is 0.529. The monoisotopic (exact) mass is 270 g/mol. The van der Waals surface area contributed by atoms with E-state index in [0.29, 0.717) is 5.56 Å². The van der Waals surface area contributed by atoms with Crippen molar-refractivity contribution in [3.8, 4) is 6.07 Å². The molecule has 0 unspecified atom stereocenters. The molecule has 1 aliphatic carbocycles. The zero-order chi connectivity index (χ0) is 14.4. The van der Waals surface area contributed by atoms with Gasteiger partial charge in [-0.3, -0.25) is 4.79 Å². The molecule has 106 valence electrons. The number of carbonyl (C=O) groups excluding carboxylic acids is 1. The number of nitriles is 1. The van der Waals surface area contributed by atoms with Crippen LogP contribution >= 0.6 is 0 Å². The van der Waals surface area contributed by atoms with Gasteiger partial charge in [0.05, 0.1) is 11.6 Å². The van der Waals surface area contributed by atoms with Gasteiger partial charge in [0.1, 0.15) is 0 Å². The number of anilines is 1. The molecule has 1 N–H and O–H groups in total. The molecular formula is C17H22N2O. The molecule has 0 heterocycles. The van der Waals surface area contributed by atoms with Gasteiger partial charge in [0.15, 0.2) is 0 Å². The average Bonchev–Trinajstić information content (AvgIpc) is 2.40. The summed E-state index contributed by atoms with van der Waals surface area (Å²) in [5.41, 5.74) is 2.36. The van der Waals surface area contributed by atoms with E-state index in [1.165, 1.54) is 19.3 Å². The van der Waals surface area contributed by atoms with E-state index in [-0.39, 0.29) is 11.8 Å². The van der Waals surface area contributed by atoms with Crippen LogP contribution in [0.15, 0.2) is 18.2 Å². The van der Waals surface area contributed by atoms with E-state index in [9.17, 15) is 4.79 Å². The summed E-state index contributed by atoms with van der Waals surface area (Å²) in [7, 11) is 0. The highest BCUT2D eigenvalue weighted by molar-refractivity contribution is 5.93. The Morgan fingerprint density at radius 2 is 1.85 bits per heavy atom. The van der Waals surface area contributed by atoms with Crippen molar-refractivity contribution in [1.29, 1.82) is 5.26 Å². The largest absolute Gasteiger partial charge is 0.326 e. The maximum absolute atomic E-state index is 12.4. The zero-order valence-corrected chi connectivity index (χ0v) is 12.1. The van der Waals surface area contributed by atoms with Gasteiger partial charge in [0.25, 0.3) is 0 Å². The first kappa shape index (κ1) is 14.6. The fourth-order valence-corrected chi connectivity index (χ4v) is 2.78. The van der Waals surface area contributed by atoms with Crippen LogP contribution in [0.3, 0.4) is 0 Å². The molecule has 0 bridgehead atoms. The van der Waals surface area contributed by atoms with Gasteiger partial charge in [-0.05, 0) is 37.5 Å². The first-order valence-corrected chi connectivity index (χ1v) is 7.52. The highest BCUT2D eigenvalue weighted by atomic mass is 16.1. The molecule has 0 radical (unpaired) electrons. The van der Waals surface area contributed by atoms with Crippen LogP contribution in [0.4, 0.5) is 5.69 Å². The molecule has 0 saturated heterocycles. The Bertz CT molecular complexity index is 508. The third-order valence-electron chi connectivity index (χ3n) is 4.10. The Morgan fingerprint density at radius 1 is 1.20 bits per heavy atom. The van der Waals surface area contributed by atoms with E-state index in [2.05, 4.69) is 11.4 Å². The van der Waals surface area contributed by atoms with Gasteiger partial charge in [0.2, 0.25) is 5.91 Å². The Hall–Kier alpha value is -1.82. The number of nitrogens with one attached hydrogen (secondary N) is 1. The predicted molar refractivity (Wildman–Crippen MR) is 80.3 cm³/mol. The Balaban J connectivity index is 2.04. The van der Waals surface area contributed by atoms with Crippen molar-refractivity contribution in [2.45, 2.75) is 51.9 Å². The van der Waals surface area contributed by atoms with Crippen LogP contribution in [0.25, 0.3) is 0 Å². The van der Waals surface area contributed by atoms with Crippen molar-refractivity contribution in [3.63, 3.8) is 0 Å². The SMILES string of the molecule is Cc1ccc(C#N)cc1NC(=O)C1CCCCCCC1. The molecular weight excluding hydrogens is 248 g/mol. The molecule has 1 amide bonds. The van der Waals surface area contributed by atoms with Crippen molar-refractivity contribution in [2.24, 2.45) is 5.92 Å². The third kappa shape index (κ3) is 3.84. The molecule has 2 rings (SSSR count). The van der Waals surface area contributed by atoms with E-state index >= 15 is 0 Å². The van der Waals surface area contributed by atoms with Crippen LogP contribution in [-0.2, 0) is 4.79 Å². The van der Waals surface area contributed by atoms with Gasteiger partial charge in [-0.25, -0.2) is 0 Å². The Kier molecular flexibility index (Phi) is 5.17. The zero-order valence-electron chi connectivity index (χ0n) is 12.1. The van der Waals surface area contributed by atoms with Crippen LogP contribution in [0, 0.1) is 24.2 Å². The van der Waals surface area contributed by atoms with Gasteiger partial charge < -0.3 is 5.32 Å². The predicted octanol–water partition coefficient (Wildman–Crippen LogP) is 4.17. The van der Waals surface area contributed by atoms with E-state index in [1.54, 1.807) is 12.1 Å². The van der Waals surface area contributed by atoms with E-state index < -0.39 is 0 Å². The number of benzene rings is 1. The third-order valence-corrected chi connectivity index (χ3v) is 4.10.